The molecule has 2 rings (SSSR count). The Morgan fingerprint density at radius 3 is 1.26 bits per heavy atom. The normalized spacial score (nSPS) is 13.9. The van der Waals surface area contributed by atoms with Crippen molar-refractivity contribution in [1.29, 1.82) is 0 Å². The van der Waals surface area contributed by atoms with Crippen molar-refractivity contribution in [2.45, 2.75) is 25.9 Å². The van der Waals surface area contributed by atoms with E-state index in [1.807, 2.05) is 62.4 Å². The number of nitrogens with two attached hydrogens (primary N) is 2. The highest BCUT2D eigenvalue weighted by Crippen LogP contribution is 2.20. The second-order valence-corrected chi connectivity index (χ2v) is 4.95. The Bertz CT molecular complexity index is 463. The summed E-state index contributed by atoms with van der Waals surface area (Å²) in [5.74, 6) is 0. The summed E-state index contributed by atoms with van der Waals surface area (Å²) in [5.41, 5.74) is 16.0. The average molecular weight is 255 g/mol. The van der Waals surface area contributed by atoms with Crippen molar-refractivity contribution in [3.05, 3.63) is 59.7 Å². The van der Waals surface area contributed by atoms with E-state index in [0.717, 1.165) is 22.5 Å². The molecule has 2 aromatic rings. The molecule has 0 bridgehead atoms. The minimum Gasteiger partial charge on any atom is -0.356 e. The summed E-state index contributed by atoms with van der Waals surface area (Å²) in [6, 6.07) is 16.5. The molecule has 0 aliphatic rings. The number of nitrogens with one attached hydrogen (secondary N) is 1. The standard InChI is InChI=1S/C16H21N3/c1-11(17)13-3-7-15(8-4-13)19-16-9-5-14(6-10-16)12(2)18/h3-12,19H,17-18H2,1-2H3. The summed E-state index contributed by atoms with van der Waals surface area (Å²) >= 11 is 0. The number of anilines is 2. The largest absolute Gasteiger partial charge is 0.356 e. The Labute approximate surface area is 114 Å². The minimum atomic E-state index is 0.0689. The molecule has 3 heteroatoms. The van der Waals surface area contributed by atoms with Gasteiger partial charge in [-0.3, -0.25) is 0 Å². The van der Waals surface area contributed by atoms with Crippen molar-refractivity contribution in [3.8, 4) is 0 Å². The Balaban J connectivity index is 2.08. The van der Waals surface area contributed by atoms with Crippen molar-refractivity contribution in [2.24, 2.45) is 11.5 Å². The van der Waals surface area contributed by atoms with Crippen LogP contribution in [0.3, 0.4) is 0 Å². The summed E-state index contributed by atoms with van der Waals surface area (Å²) < 4.78 is 0. The van der Waals surface area contributed by atoms with Gasteiger partial charge in [0.25, 0.3) is 0 Å². The van der Waals surface area contributed by atoms with Crippen LogP contribution in [0, 0.1) is 0 Å². The van der Waals surface area contributed by atoms with Crippen LogP contribution in [-0.2, 0) is 0 Å². The van der Waals surface area contributed by atoms with Gasteiger partial charge in [0.05, 0.1) is 0 Å². The molecule has 0 radical (unpaired) electrons. The van der Waals surface area contributed by atoms with E-state index >= 15 is 0 Å². The third-order valence-electron chi connectivity index (χ3n) is 3.16. The van der Waals surface area contributed by atoms with Crippen LogP contribution in [0.25, 0.3) is 0 Å². The van der Waals surface area contributed by atoms with Crippen LogP contribution in [0.5, 0.6) is 0 Å². The molecular weight excluding hydrogens is 234 g/mol. The average Bonchev–Trinajstić information content (AvgIpc) is 2.40. The highest BCUT2D eigenvalue weighted by Gasteiger charge is 2.01. The van der Waals surface area contributed by atoms with Gasteiger partial charge in [0.1, 0.15) is 0 Å². The van der Waals surface area contributed by atoms with Gasteiger partial charge in [0.2, 0.25) is 0 Å². The van der Waals surface area contributed by atoms with Crippen molar-refractivity contribution >= 4 is 11.4 Å². The van der Waals surface area contributed by atoms with Gasteiger partial charge in [0.15, 0.2) is 0 Å². The molecule has 0 saturated carbocycles. The van der Waals surface area contributed by atoms with E-state index in [1.165, 1.54) is 0 Å². The quantitative estimate of drug-likeness (QED) is 0.783. The highest BCUT2D eigenvalue weighted by molar-refractivity contribution is 5.60. The number of rotatable bonds is 4. The molecule has 0 saturated heterocycles. The fraction of sp³-hybridized carbons (Fsp3) is 0.250. The Morgan fingerprint density at radius 1 is 0.684 bits per heavy atom. The van der Waals surface area contributed by atoms with Gasteiger partial charge in [-0.05, 0) is 49.2 Å². The van der Waals surface area contributed by atoms with E-state index in [4.69, 9.17) is 11.5 Å². The first kappa shape index (κ1) is 13.6. The van der Waals surface area contributed by atoms with E-state index in [1.54, 1.807) is 0 Å². The molecule has 0 fully saturated rings. The van der Waals surface area contributed by atoms with Gasteiger partial charge in [-0.1, -0.05) is 24.3 Å². The van der Waals surface area contributed by atoms with E-state index in [0.29, 0.717) is 0 Å². The first-order chi connectivity index (χ1) is 9.06. The van der Waals surface area contributed by atoms with Gasteiger partial charge in [-0.25, -0.2) is 0 Å². The lowest BCUT2D eigenvalue weighted by Crippen LogP contribution is -2.05. The van der Waals surface area contributed by atoms with Crippen molar-refractivity contribution in [3.63, 3.8) is 0 Å². The number of benzene rings is 2. The summed E-state index contributed by atoms with van der Waals surface area (Å²) in [7, 11) is 0. The fourth-order valence-electron chi connectivity index (χ4n) is 1.91. The van der Waals surface area contributed by atoms with Crippen LogP contribution < -0.4 is 16.8 Å². The smallest absolute Gasteiger partial charge is 0.0384 e. The van der Waals surface area contributed by atoms with Crippen LogP contribution in [-0.4, -0.2) is 0 Å². The zero-order valence-corrected chi connectivity index (χ0v) is 11.4. The second kappa shape index (κ2) is 5.87. The minimum absolute atomic E-state index is 0.0689. The van der Waals surface area contributed by atoms with Crippen molar-refractivity contribution in [1.82, 2.24) is 0 Å². The second-order valence-electron chi connectivity index (χ2n) is 4.95. The lowest BCUT2D eigenvalue weighted by atomic mass is 10.1. The van der Waals surface area contributed by atoms with Gasteiger partial charge in [0, 0.05) is 23.5 Å². The fourth-order valence-corrected chi connectivity index (χ4v) is 1.91. The highest BCUT2D eigenvalue weighted by atomic mass is 14.9. The molecular formula is C16H21N3. The van der Waals surface area contributed by atoms with Gasteiger partial charge in [-0.15, -0.1) is 0 Å². The van der Waals surface area contributed by atoms with Crippen LogP contribution in [0.2, 0.25) is 0 Å². The molecule has 2 unspecified atom stereocenters. The summed E-state index contributed by atoms with van der Waals surface area (Å²) in [5, 5.41) is 3.35. The van der Waals surface area contributed by atoms with Crippen LogP contribution in [0.15, 0.2) is 48.5 Å². The van der Waals surface area contributed by atoms with E-state index < -0.39 is 0 Å². The molecule has 0 aliphatic heterocycles. The van der Waals surface area contributed by atoms with E-state index in [-0.39, 0.29) is 12.1 Å². The van der Waals surface area contributed by atoms with E-state index in [9.17, 15) is 0 Å². The maximum Gasteiger partial charge on any atom is 0.0384 e. The molecule has 19 heavy (non-hydrogen) atoms. The monoisotopic (exact) mass is 255 g/mol. The summed E-state index contributed by atoms with van der Waals surface area (Å²) in [6.07, 6.45) is 0. The predicted molar refractivity (Wildman–Crippen MR) is 81.4 cm³/mol. The maximum atomic E-state index is 5.83. The third kappa shape index (κ3) is 3.56. The maximum absolute atomic E-state index is 5.83. The molecule has 100 valence electrons. The zero-order chi connectivity index (χ0) is 13.8. The molecule has 0 heterocycles. The van der Waals surface area contributed by atoms with Crippen LogP contribution in [0.4, 0.5) is 11.4 Å². The molecule has 2 atom stereocenters. The van der Waals surface area contributed by atoms with Crippen LogP contribution >= 0.6 is 0 Å². The molecule has 0 aromatic heterocycles. The topological polar surface area (TPSA) is 64.1 Å². The first-order valence-electron chi connectivity index (χ1n) is 6.54. The van der Waals surface area contributed by atoms with Gasteiger partial charge >= 0.3 is 0 Å². The lowest BCUT2D eigenvalue weighted by Gasteiger charge is -2.11. The van der Waals surface area contributed by atoms with Gasteiger partial charge < -0.3 is 16.8 Å². The number of hydrogen-bond donors (Lipinski definition) is 3. The van der Waals surface area contributed by atoms with E-state index in [2.05, 4.69) is 5.32 Å². The summed E-state index contributed by atoms with van der Waals surface area (Å²) in [4.78, 5) is 0. The molecule has 0 spiro atoms. The lowest BCUT2D eigenvalue weighted by molar-refractivity contribution is 0.818. The Kier molecular flexibility index (Phi) is 4.20. The summed E-state index contributed by atoms with van der Waals surface area (Å²) in [6.45, 7) is 3.96. The molecule has 2 aromatic carbocycles. The first-order valence-corrected chi connectivity index (χ1v) is 6.54. The molecule has 0 aliphatic carbocycles. The predicted octanol–water partition coefficient (Wildman–Crippen LogP) is 3.47. The molecule has 3 nitrogen and oxygen atoms in total. The van der Waals surface area contributed by atoms with Crippen molar-refractivity contribution in [2.75, 3.05) is 5.32 Å². The van der Waals surface area contributed by atoms with Crippen molar-refractivity contribution < 1.29 is 0 Å². The molecule has 0 amide bonds. The number of hydrogen-bond acceptors (Lipinski definition) is 3. The SMILES string of the molecule is CC(N)c1ccc(Nc2ccc(C(C)N)cc2)cc1. The zero-order valence-electron chi connectivity index (χ0n) is 11.4. The van der Waals surface area contributed by atoms with Crippen LogP contribution in [0.1, 0.15) is 37.1 Å². The Morgan fingerprint density at radius 2 is 1.00 bits per heavy atom. The Hall–Kier alpha value is -1.84. The van der Waals surface area contributed by atoms with Gasteiger partial charge in [-0.2, -0.15) is 0 Å². The third-order valence-corrected chi connectivity index (χ3v) is 3.16. The molecule has 5 N–H and O–H groups in total.